The molecule has 142 valence electrons. The van der Waals surface area contributed by atoms with E-state index in [2.05, 4.69) is 31.1 Å². The summed E-state index contributed by atoms with van der Waals surface area (Å²) in [6.07, 6.45) is 4.02. The van der Waals surface area contributed by atoms with Crippen LogP contribution in [0.1, 0.15) is 49.7 Å². The molecule has 1 N–H and O–H groups in total. The number of fused-ring (bicyclic) bond motifs is 1. The van der Waals surface area contributed by atoms with Crippen molar-refractivity contribution in [3.63, 3.8) is 0 Å². The third-order valence-electron chi connectivity index (χ3n) is 4.92. The van der Waals surface area contributed by atoms with Gasteiger partial charge in [-0.15, -0.1) is 11.3 Å². The number of carbonyl (C=O) groups is 1. The molecule has 0 unspecified atom stereocenters. The highest BCUT2D eigenvalue weighted by atomic mass is 32.1. The number of anilines is 1. The first-order valence-electron chi connectivity index (χ1n) is 9.41. The van der Waals surface area contributed by atoms with Crippen LogP contribution >= 0.6 is 11.3 Å². The summed E-state index contributed by atoms with van der Waals surface area (Å²) in [5.41, 5.74) is 2.89. The molecule has 5 nitrogen and oxygen atoms in total. The average molecular weight is 384 g/mol. The standard InChI is InChI=1S/C21H25N3O2S/c1-5-14-9-8-10-15(6-2)18(14)23-19(25)13(4)24-12-22-20-17(21(24)26)11-16(7-3)27-20/h8-13H,5-7H2,1-4H3,(H,23,25)/t13-/m0/s1. The Morgan fingerprint density at radius 2 is 1.85 bits per heavy atom. The lowest BCUT2D eigenvalue weighted by Gasteiger charge is -2.18. The van der Waals surface area contributed by atoms with Crippen LogP contribution in [0, 0.1) is 0 Å². The molecule has 27 heavy (non-hydrogen) atoms. The third-order valence-corrected chi connectivity index (χ3v) is 6.11. The molecule has 2 heterocycles. The Morgan fingerprint density at radius 1 is 1.19 bits per heavy atom. The van der Waals surface area contributed by atoms with Gasteiger partial charge in [-0.1, -0.05) is 39.0 Å². The van der Waals surface area contributed by atoms with Crippen LogP contribution < -0.4 is 10.9 Å². The van der Waals surface area contributed by atoms with Gasteiger partial charge in [0.25, 0.3) is 5.56 Å². The van der Waals surface area contributed by atoms with Crippen molar-refractivity contribution in [2.24, 2.45) is 0 Å². The molecular weight excluding hydrogens is 358 g/mol. The zero-order chi connectivity index (χ0) is 19.6. The SMILES string of the molecule is CCc1cc2c(=O)n([C@@H](C)C(=O)Nc3c(CC)cccc3CC)cnc2s1. The third kappa shape index (κ3) is 3.67. The summed E-state index contributed by atoms with van der Waals surface area (Å²) in [7, 11) is 0. The van der Waals surface area contributed by atoms with E-state index in [4.69, 9.17) is 0 Å². The van der Waals surface area contributed by atoms with Crippen LogP contribution in [0.15, 0.2) is 35.4 Å². The van der Waals surface area contributed by atoms with Gasteiger partial charge >= 0.3 is 0 Å². The second-order valence-corrected chi connectivity index (χ2v) is 7.68. The summed E-state index contributed by atoms with van der Waals surface area (Å²) in [6.45, 7) is 7.92. The fourth-order valence-electron chi connectivity index (χ4n) is 3.19. The molecule has 1 aromatic carbocycles. The molecule has 0 aliphatic heterocycles. The predicted molar refractivity (Wildman–Crippen MR) is 112 cm³/mol. The Labute approximate surface area is 163 Å². The van der Waals surface area contributed by atoms with Crippen molar-refractivity contribution in [2.75, 3.05) is 5.32 Å². The minimum absolute atomic E-state index is 0.168. The van der Waals surface area contributed by atoms with Crippen LogP contribution in [0.5, 0.6) is 0 Å². The minimum Gasteiger partial charge on any atom is -0.324 e. The maximum Gasteiger partial charge on any atom is 0.262 e. The maximum absolute atomic E-state index is 12.9. The number of nitrogens with one attached hydrogen (secondary N) is 1. The van der Waals surface area contributed by atoms with Crippen molar-refractivity contribution < 1.29 is 4.79 Å². The van der Waals surface area contributed by atoms with E-state index < -0.39 is 6.04 Å². The molecule has 1 amide bonds. The van der Waals surface area contributed by atoms with E-state index in [1.807, 2.05) is 24.3 Å². The first kappa shape index (κ1) is 19.3. The molecule has 0 saturated carbocycles. The Balaban J connectivity index is 1.94. The quantitative estimate of drug-likeness (QED) is 0.688. The Hall–Kier alpha value is -2.47. The Bertz CT molecular complexity index is 1010. The van der Waals surface area contributed by atoms with Gasteiger partial charge in [0.15, 0.2) is 0 Å². The number of rotatable bonds is 6. The minimum atomic E-state index is -0.644. The summed E-state index contributed by atoms with van der Waals surface area (Å²) in [4.78, 5) is 32.0. The fraction of sp³-hybridized carbons (Fsp3) is 0.381. The molecule has 2 aromatic heterocycles. The van der Waals surface area contributed by atoms with Gasteiger partial charge < -0.3 is 5.32 Å². The lowest BCUT2D eigenvalue weighted by Crippen LogP contribution is -2.32. The van der Waals surface area contributed by atoms with Crippen LogP contribution in [0.2, 0.25) is 0 Å². The van der Waals surface area contributed by atoms with E-state index in [1.54, 1.807) is 6.92 Å². The molecule has 6 heteroatoms. The van der Waals surface area contributed by atoms with Crippen LogP contribution in [0.3, 0.4) is 0 Å². The van der Waals surface area contributed by atoms with Gasteiger partial charge in [0.1, 0.15) is 10.9 Å². The van der Waals surface area contributed by atoms with Crippen LogP contribution in [0.25, 0.3) is 10.2 Å². The van der Waals surface area contributed by atoms with Crippen molar-refractivity contribution >= 4 is 33.1 Å². The van der Waals surface area contributed by atoms with E-state index in [0.29, 0.717) is 5.39 Å². The molecule has 0 saturated heterocycles. The lowest BCUT2D eigenvalue weighted by molar-refractivity contribution is -0.118. The first-order chi connectivity index (χ1) is 13.0. The molecule has 0 aliphatic rings. The monoisotopic (exact) mass is 383 g/mol. The van der Waals surface area contributed by atoms with Crippen molar-refractivity contribution in [1.29, 1.82) is 0 Å². The largest absolute Gasteiger partial charge is 0.324 e. The molecule has 0 radical (unpaired) electrons. The van der Waals surface area contributed by atoms with Crippen molar-refractivity contribution in [2.45, 2.75) is 53.0 Å². The Kier molecular flexibility index (Phi) is 5.75. The van der Waals surface area contributed by atoms with Crippen molar-refractivity contribution in [3.8, 4) is 0 Å². The summed E-state index contributed by atoms with van der Waals surface area (Å²) < 4.78 is 1.42. The van der Waals surface area contributed by atoms with Gasteiger partial charge in [-0.3, -0.25) is 14.2 Å². The second-order valence-electron chi connectivity index (χ2n) is 6.57. The topological polar surface area (TPSA) is 64.0 Å². The first-order valence-corrected chi connectivity index (χ1v) is 10.2. The number of amides is 1. The highest BCUT2D eigenvalue weighted by Gasteiger charge is 2.20. The van der Waals surface area contributed by atoms with Gasteiger partial charge in [0, 0.05) is 10.6 Å². The number of para-hydroxylation sites is 1. The second kappa shape index (κ2) is 8.05. The molecule has 3 aromatic rings. The number of aromatic nitrogens is 2. The van der Waals surface area contributed by atoms with Gasteiger partial charge in [0.2, 0.25) is 5.91 Å². The van der Waals surface area contributed by atoms with Crippen LogP contribution in [-0.2, 0) is 24.1 Å². The van der Waals surface area contributed by atoms with E-state index in [9.17, 15) is 9.59 Å². The average Bonchev–Trinajstić information content (AvgIpc) is 3.12. The summed E-state index contributed by atoms with van der Waals surface area (Å²) in [5.74, 6) is -0.209. The number of aryl methyl sites for hydroxylation is 3. The number of benzene rings is 1. The zero-order valence-electron chi connectivity index (χ0n) is 16.2. The smallest absolute Gasteiger partial charge is 0.262 e. The predicted octanol–water partition coefficient (Wildman–Crippen LogP) is 4.34. The number of thiophene rings is 1. The highest BCUT2D eigenvalue weighted by molar-refractivity contribution is 7.18. The normalized spacial score (nSPS) is 12.3. The summed E-state index contributed by atoms with van der Waals surface area (Å²) in [6, 6.07) is 7.31. The Morgan fingerprint density at radius 3 is 2.44 bits per heavy atom. The molecule has 0 bridgehead atoms. The molecular formula is C21H25N3O2S. The van der Waals surface area contributed by atoms with Gasteiger partial charge in [0.05, 0.1) is 11.7 Å². The summed E-state index contributed by atoms with van der Waals surface area (Å²) in [5, 5.41) is 3.63. The highest BCUT2D eigenvalue weighted by Crippen LogP contribution is 2.24. The summed E-state index contributed by atoms with van der Waals surface area (Å²) >= 11 is 1.53. The zero-order valence-corrected chi connectivity index (χ0v) is 17.0. The molecule has 3 rings (SSSR count). The molecule has 0 aliphatic carbocycles. The lowest BCUT2D eigenvalue weighted by atomic mass is 10.0. The number of carbonyl (C=O) groups excluding carboxylic acids is 1. The van der Waals surface area contributed by atoms with E-state index in [0.717, 1.165) is 45.8 Å². The maximum atomic E-state index is 12.9. The molecule has 0 spiro atoms. The fourth-order valence-corrected chi connectivity index (χ4v) is 4.12. The van der Waals surface area contributed by atoms with Crippen LogP contribution in [0.4, 0.5) is 5.69 Å². The van der Waals surface area contributed by atoms with Crippen molar-refractivity contribution in [3.05, 3.63) is 57.0 Å². The molecule has 0 fully saturated rings. The molecule has 1 atom stereocenters. The number of hydrogen-bond donors (Lipinski definition) is 1. The van der Waals surface area contributed by atoms with Crippen molar-refractivity contribution in [1.82, 2.24) is 9.55 Å². The van der Waals surface area contributed by atoms with Gasteiger partial charge in [-0.05, 0) is 43.4 Å². The van der Waals surface area contributed by atoms with Crippen LogP contribution in [-0.4, -0.2) is 15.5 Å². The van der Waals surface area contributed by atoms with E-state index in [-0.39, 0.29) is 11.5 Å². The van der Waals surface area contributed by atoms with E-state index in [1.165, 1.54) is 22.2 Å². The number of nitrogens with zero attached hydrogens (tertiary/aromatic N) is 2. The van der Waals surface area contributed by atoms with Gasteiger partial charge in [-0.25, -0.2) is 4.98 Å². The van der Waals surface area contributed by atoms with Gasteiger partial charge in [-0.2, -0.15) is 0 Å². The number of hydrogen-bond acceptors (Lipinski definition) is 4. The van der Waals surface area contributed by atoms with E-state index >= 15 is 0 Å².